The van der Waals surface area contributed by atoms with Gasteiger partial charge in [0.15, 0.2) is 5.65 Å². The summed E-state index contributed by atoms with van der Waals surface area (Å²) in [7, 11) is 0. The van der Waals surface area contributed by atoms with Crippen LogP contribution in [0.2, 0.25) is 0 Å². The Morgan fingerprint density at radius 2 is 2.25 bits per heavy atom. The predicted molar refractivity (Wildman–Crippen MR) is 114 cm³/mol. The third-order valence-electron chi connectivity index (χ3n) is 5.41. The number of nitrogens with two attached hydrogens (primary N) is 1. The molecule has 5 N–H and O–H groups in total. The summed E-state index contributed by atoms with van der Waals surface area (Å²) in [5.41, 5.74) is 5.80. The number of aliphatic hydroxyl groups is 2. The zero-order valence-electron chi connectivity index (χ0n) is 17.7. The van der Waals surface area contributed by atoms with E-state index < -0.39 is 29.8 Å². The molecule has 32 heavy (non-hydrogen) atoms. The van der Waals surface area contributed by atoms with Crippen LogP contribution in [0.15, 0.2) is 30.6 Å². The number of nitrogens with zero attached hydrogens (tertiary/aromatic N) is 4. The molecular formula is C21H25FN6O4. The average molecular weight is 444 g/mol. The molecule has 4 rings (SSSR count). The lowest BCUT2D eigenvalue weighted by atomic mass is 9.95. The number of nitrogens with one attached hydrogen (secondary N) is 1. The molecule has 1 amide bonds. The zero-order chi connectivity index (χ0) is 23.0. The molecule has 170 valence electrons. The van der Waals surface area contributed by atoms with Crippen molar-refractivity contribution < 1.29 is 24.1 Å². The van der Waals surface area contributed by atoms with Crippen LogP contribution in [0, 0.1) is 0 Å². The van der Waals surface area contributed by atoms with Gasteiger partial charge in [0.2, 0.25) is 0 Å². The van der Waals surface area contributed by atoms with Crippen LogP contribution in [0.3, 0.4) is 0 Å². The molecule has 0 bridgehead atoms. The van der Waals surface area contributed by atoms with Gasteiger partial charge in [-0.15, -0.1) is 0 Å². The summed E-state index contributed by atoms with van der Waals surface area (Å²) in [6.45, 7) is 3.05. The summed E-state index contributed by atoms with van der Waals surface area (Å²) in [5, 5.41) is 27.6. The highest BCUT2D eigenvalue weighted by molar-refractivity contribution is 6.00. The highest BCUT2D eigenvalue weighted by atomic mass is 19.1. The summed E-state index contributed by atoms with van der Waals surface area (Å²) in [6.07, 6.45) is 0.306. The first-order chi connectivity index (χ1) is 15.1. The first-order valence-corrected chi connectivity index (χ1v) is 10.2. The van der Waals surface area contributed by atoms with E-state index in [0.29, 0.717) is 17.0 Å². The van der Waals surface area contributed by atoms with Crippen LogP contribution in [-0.2, 0) is 11.2 Å². The minimum absolute atomic E-state index is 0.0125. The Bertz CT molecular complexity index is 1120. The SMILES string of the molecule is CC(C)(O)[C@H](F)Cc1nc(-c2cnc3cccnn23)cc(NC2COCC2O)c1C(N)=O. The number of aromatic nitrogens is 4. The van der Waals surface area contributed by atoms with Crippen molar-refractivity contribution in [2.24, 2.45) is 5.73 Å². The first-order valence-electron chi connectivity index (χ1n) is 10.2. The van der Waals surface area contributed by atoms with E-state index in [9.17, 15) is 19.4 Å². The van der Waals surface area contributed by atoms with Crippen molar-refractivity contribution in [1.29, 1.82) is 0 Å². The smallest absolute Gasteiger partial charge is 0.252 e. The fourth-order valence-electron chi connectivity index (χ4n) is 3.57. The fourth-order valence-corrected chi connectivity index (χ4v) is 3.57. The fraction of sp³-hybridized carbons (Fsp3) is 0.429. The van der Waals surface area contributed by atoms with E-state index in [4.69, 9.17) is 10.5 Å². The van der Waals surface area contributed by atoms with Gasteiger partial charge in [-0.25, -0.2) is 13.9 Å². The van der Waals surface area contributed by atoms with Crippen LogP contribution in [-0.4, -0.2) is 72.8 Å². The largest absolute Gasteiger partial charge is 0.388 e. The van der Waals surface area contributed by atoms with Gasteiger partial charge in [0.1, 0.15) is 11.9 Å². The molecule has 3 aromatic rings. The number of hydrogen-bond acceptors (Lipinski definition) is 8. The first kappa shape index (κ1) is 22.1. The van der Waals surface area contributed by atoms with E-state index in [-0.39, 0.29) is 36.6 Å². The number of imidazole rings is 1. The Morgan fingerprint density at radius 3 is 2.91 bits per heavy atom. The normalized spacial score (nSPS) is 19.9. The summed E-state index contributed by atoms with van der Waals surface area (Å²) in [6, 6.07) is 4.61. The van der Waals surface area contributed by atoms with Gasteiger partial charge in [0, 0.05) is 12.6 Å². The van der Waals surface area contributed by atoms with E-state index in [1.54, 1.807) is 35.1 Å². The van der Waals surface area contributed by atoms with Gasteiger partial charge in [-0.3, -0.25) is 9.78 Å². The molecule has 10 nitrogen and oxygen atoms in total. The minimum Gasteiger partial charge on any atom is -0.388 e. The van der Waals surface area contributed by atoms with Crippen LogP contribution in [0.1, 0.15) is 29.9 Å². The maximum Gasteiger partial charge on any atom is 0.252 e. The molecule has 0 spiro atoms. The highest BCUT2D eigenvalue weighted by Gasteiger charge is 2.32. The Labute approximate surface area is 183 Å². The van der Waals surface area contributed by atoms with Crippen molar-refractivity contribution in [2.45, 2.75) is 44.2 Å². The monoisotopic (exact) mass is 444 g/mol. The van der Waals surface area contributed by atoms with Crippen molar-refractivity contribution in [1.82, 2.24) is 19.6 Å². The molecule has 3 aromatic heterocycles. The molecule has 0 saturated carbocycles. The summed E-state index contributed by atoms with van der Waals surface area (Å²) in [4.78, 5) is 21.2. The number of ether oxygens (including phenoxy) is 1. The lowest BCUT2D eigenvalue weighted by Gasteiger charge is -2.24. The van der Waals surface area contributed by atoms with E-state index >= 15 is 0 Å². The molecule has 0 aliphatic carbocycles. The number of primary amides is 1. The van der Waals surface area contributed by atoms with Crippen molar-refractivity contribution in [3.8, 4) is 11.4 Å². The summed E-state index contributed by atoms with van der Waals surface area (Å²) in [5.74, 6) is -0.811. The molecule has 1 saturated heterocycles. The van der Waals surface area contributed by atoms with E-state index in [1.807, 2.05) is 0 Å². The Morgan fingerprint density at radius 1 is 1.47 bits per heavy atom. The summed E-state index contributed by atoms with van der Waals surface area (Å²) < 4.78 is 21.7. The van der Waals surface area contributed by atoms with Gasteiger partial charge in [-0.05, 0) is 32.0 Å². The molecular weight excluding hydrogens is 419 g/mol. The van der Waals surface area contributed by atoms with Crippen molar-refractivity contribution in [3.63, 3.8) is 0 Å². The third kappa shape index (κ3) is 4.27. The Hall–Kier alpha value is -3.15. The molecule has 0 aromatic carbocycles. The van der Waals surface area contributed by atoms with E-state index in [0.717, 1.165) is 0 Å². The van der Waals surface area contributed by atoms with Crippen LogP contribution in [0.25, 0.3) is 17.0 Å². The molecule has 4 heterocycles. The Kier molecular flexibility index (Phi) is 5.80. The van der Waals surface area contributed by atoms with Crippen molar-refractivity contribution in [2.75, 3.05) is 18.5 Å². The molecule has 2 unspecified atom stereocenters. The van der Waals surface area contributed by atoms with Crippen LogP contribution < -0.4 is 11.1 Å². The second kappa shape index (κ2) is 8.41. The second-order valence-corrected chi connectivity index (χ2v) is 8.36. The van der Waals surface area contributed by atoms with E-state index in [1.165, 1.54) is 13.8 Å². The lowest BCUT2D eigenvalue weighted by molar-refractivity contribution is -0.00306. The zero-order valence-corrected chi connectivity index (χ0v) is 17.7. The second-order valence-electron chi connectivity index (χ2n) is 8.36. The number of amides is 1. The molecule has 3 atom stereocenters. The van der Waals surface area contributed by atoms with Crippen LogP contribution in [0.5, 0.6) is 0 Å². The number of alkyl halides is 1. The van der Waals surface area contributed by atoms with Crippen LogP contribution >= 0.6 is 0 Å². The average Bonchev–Trinajstić information content (AvgIpc) is 3.33. The quantitative estimate of drug-likeness (QED) is 0.417. The maximum absolute atomic E-state index is 14.8. The molecule has 1 aliphatic rings. The number of hydrogen-bond donors (Lipinski definition) is 4. The lowest BCUT2D eigenvalue weighted by Crippen LogP contribution is -2.36. The highest BCUT2D eigenvalue weighted by Crippen LogP contribution is 2.30. The topological polar surface area (TPSA) is 148 Å². The van der Waals surface area contributed by atoms with E-state index in [2.05, 4.69) is 20.4 Å². The number of anilines is 1. The molecule has 1 fully saturated rings. The maximum atomic E-state index is 14.8. The van der Waals surface area contributed by atoms with Gasteiger partial charge in [-0.2, -0.15) is 5.10 Å². The van der Waals surface area contributed by atoms with Gasteiger partial charge >= 0.3 is 0 Å². The van der Waals surface area contributed by atoms with Gasteiger partial charge < -0.3 is 26.0 Å². The number of halogens is 1. The Balaban J connectivity index is 1.87. The number of pyridine rings is 1. The van der Waals surface area contributed by atoms with Crippen LogP contribution in [0.4, 0.5) is 10.1 Å². The molecule has 1 aliphatic heterocycles. The molecule has 11 heteroatoms. The molecule has 0 radical (unpaired) electrons. The van der Waals surface area contributed by atoms with Crippen molar-refractivity contribution in [3.05, 3.63) is 41.9 Å². The number of fused-ring (bicyclic) bond motifs is 1. The van der Waals surface area contributed by atoms with Gasteiger partial charge in [0.25, 0.3) is 5.91 Å². The third-order valence-corrected chi connectivity index (χ3v) is 5.41. The van der Waals surface area contributed by atoms with Gasteiger partial charge in [-0.1, -0.05) is 0 Å². The number of carbonyl (C=O) groups excluding carboxylic acids is 1. The number of carbonyl (C=O) groups is 1. The van der Waals surface area contributed by atoms with Gasteiger partial charge in [0.05, 0.1) is 59.8 Å². The predicted octanol–water partition coefficient (Wildman–Crippen LogP) is 0.713. The number of rotatable bonds is 7. The standard InChI is InChI=1S/C21H25FN6O4/c1-21(2,31)17(22)7-13-19(20(23)30)12(27-14-9-32-10-16(14)29)6-11(26-13)15-8-24-18-4-3-5-25-28(15)18/h3-6,8,14,16-17,29,31H,7,9-10H2,1-2H3,(H2,23,30)(H,26,27)/t14?,16?,17-/m1/s1. The number of aliphatic hydroxyl groups excluding tert-OH is 1. The van der Waals surface area contributed by atoms with Crippen molar-refractivity contribution >= 4 is 17.2 Å². The summed E-state index contributed by atoms with van der Waals surface area (Å²) >= 11 is 0. The minimum atomic E-state index is -1.71.